The average Bonchev–Trinajstić information content (AvgIpc) is 3.29. The van der Waals surface area contributed by atoms with Gasteiger partial charge in [-0.05, 0) is 59.3 Å². The van der Waals surface area contributed by atoms with Crippen LogP contribution in [0.3, 0.4) is 0 Å². The summed E-state index contributed by atoms with van der Waals surface area (Å²) >= 11 is 12.9. The Hall–Kier alpha value is -2.87. The number of fused-ring (bicyclic) bond motifs is 1. The van der Waals surface area contributed by atoms with Crippen molar-refractivity contribution in [2.75, 3.05) is 0 Å². The molecule has 5 aromatic rings. The van der Waals surface area contributed by atoms with E-state index in [4.69, 9.17) is 37.6 Å². The molecule has 0 spiro atoms. The second-order valence-corrected chi connectivity index (χ2v) is 9.34. The Morgan fingerprint density at radius 2 is 1.68 bits per heavy atom. The fraction of sp³-hybridized carbons (Fsp3) is 0.138. The number of aromatic nitrogens is 2. The van der Waals surface area contributed by atoms with Crippen molar-refractivity contribution in [3.63, 3.8) is 0 Å². The standard InChI is InChI=1S/C29H22Cl2N2O4.Na.H/c1-2-4-26-22(28(33-37-26)27-23(30)5-3-6-24(27)31)16-36-21-11-9-17(10-12-21)18-7-8-19-14-25(29(34)35)32-15-20(19)13-18;;/h3,5-15H,2,4,16H2,1H3,(H,34,35);;. The fourth-order valence-electron chi connectivity index (χ4n) is 4.17. The van der Waals surface area contributed by atoms with Gasteiger partial charge in [0, 0.05) is 23.6 Å². The van der Waals surface area contributed by atoms with Crippen molar-refractivity contribution in [2.45, 2.75) is 26.4 Å². The molecule has 2 heterocycles. The number of carboxylic acid groups (broad SMARTS) is 1. The van der Waals surface area contributed by atoms with Crippen molar-refractivity contribution in [3.05, 3.63) is 100.0 Å². The predicted octanol–water partition coefficient (Wildman–Crippen LogP) is 7.44. The van der Waals surface area contributed by atoms with Crippen LogP contribution in [0.15, 0.2) is 77.4 Å². The Morgan fingerprint density at radius 3 is 2.37 bits per heavy atom. The number of rotatable bonds is 8. The molecule has 0 aliphatic heterocycles. The van der Waals surface area contributed by atoms with Crippen LogP contribution >= 0.6 is 23.2 Å². The molecule has 0 radical (unpaired) electrons. The first-order valence-corrected chi connectivity index (χ1v) is 12.5. The number of carbonyl (C=O) groups is 1. The van der Waals surface area contributed by atoms with Gasteiger partial charge in [-0.25, -0.2) is 9.78 Å². The number of benzene rings is 3. The number of aryl methyl sites for hydroxylation is 1. The minimum absolute atomic E-state index is 0. The zero-order valence-electron chi connectivity index (χ0n) is 19.9. The summed E-state index contributed by atoms with van der Waals surface area (Å²) in [4.78, 5) is 15.2. The maximum absolute atomic E-state index is 11.2. The molecule has 0 bridgehead atoms. The van der Waals surface area contributed by atoms with E-state index in [-0.39, 0.29) is 41.9 Å². The summed E-state index contributed by atoms with van der Waals surface area (Å²) in [5, 5.41) is 16.1. The first-order valence-electron chi connectivity index (χ1n) is 11.7. The molecule has 1 N–H and O–H groups in total. The van der Waals surface area contributed by atoms with Crippen LogP contribution in [-0.4, -0.2) is 50.8 Å². The summed E-state index contributed by atoms with van der Waals surface area (Å²) in [6.45, 7) is 2.32. The second-order valence-electron chi connectivity index (χ2n) is 8.53. The molecule has 188 valence electrons. The Morgan fingerprint density at radius 1 is 0.974 bits per heavy atom. The summed E-state index contributed by atoms with van der Waals surface area (Å²) in [7, 11) is 0. The molecule has 0 atom stereocenters. The molecule has 3 aromatic carbocycles. The monoisotopic (exact) mass is 556 g/mol. The molecule has 0 saturated carbocycles. The van der Waals surface area contributed by atoms with Gasteiger partial charge in [-0.1, -0.05) is 65.6 Å². The number of pyridine rings is 1. The van der Waals surface area contributed by atoms with Crippen LogP contribution in [0.5, 0.6) is 5.75 Å². The number of halogens is 2. The van der Waals surface area contributed by atoms with Gasteiger partial charge >= 0.3 is 35.5 Å². The fourth-order valence-corrected chi connectivity index (χ4v) is 4.75. The van der Waals surface area contributed by atoms with Gasteiger partial charge in [0.25, 0.3) is 0 Å². The van der Waals surface area contributed by atoms with Gasteiger partial charge in [-0.15, -0.1) is 0 Å². The van der Waals surface area contributed by atoms with Gasteiger partial charge in [0.1, 0.15) is 29.5 Å². The van der Waals surface area contributed by atoms with Crippen LogP contribution < -0.4 is 4.74 Å². The van der Waals surface area contributed by atoms with Crippen molar-refractivity contribution in [1.82, 2.24) is 10.1 Å². The van der Waals surface area contributed by atoms with Crippen LogP contribution in [0.25, 0.3) is 33.2 Å². The van der Waals surface area contributed by atoms with Crippen molar-refractivity contribution >= 4 is 69.5 Å². The maximum atomic E-state index is 11.2. The molecule has 9 heteroatoms. The van der Waals surface area contributed by atoms with E-state index in [1.807, 2.05) is 42.5 Å². The number of hydrogen-bond donors (Lipinski definition) is 1. The Balaban J connectivity index is 0.00000336. The zero-order valence-corrected chi connectivity index (χ0v) is 21.4. The number of carboxylic acids is 1. The van der Waals surface area contributed by atoms with Crippen LogP contribution in [0, 0.1) is 0 Å². The van der Waals surface area contributed by atoms with Gasteiger partial charge in [0.2, 0.25) is 0 Å². The first-order chi connectivity index (χ1) is 17.9. The van der Waals surface area contributed by atoms with E-state index in [0.717, 1.165) is 46.1 Å². The second kappa shape index (κ2) is 12.3. The summed E-state index contributed by atoms with van der Waals surface area (Å²) in [5.41, 5.74) is 4.06. The predicted molar refractivity (Wildman–Crippen MR) is 152 cm³/mol. The normalized spacial score (nSPS) is 10.8. The van der Waals surface area contributed by atoms with E-state index in [1.165, 1.54) is 0 Å². The van der Waals surface area contributed by atoms with Crippen LogP contribution in [-0.2, 0) is 13.0 Å². The van der Waals surface area contributed by atoms with E-state index < -0.39 is 5.97 Å². The van der Waals surface area contributed by atoms with Crippen molar-refractivity contribution < 1.29 is 19.2 Å². The summed E-state index contributed by atoms with van der Waals surface area (Å²) in [6.07, 6.45) is 3.19. The molecule has 2 aromatic heterocycles. The molecular weight excluding hydrogens is 534 g/mol. The molecule has 0 saturated heterocycles. The quantitative estimate of drug-likeness (QED) is 0.200. The van der Waals surface area contributed by atoms with E-state index in [2.05, 4.69) is 17.1 Å². The number of ether oxygens (including phenoxy) is 1. The zero-order chi connectivity index (χ0) is 25.9. The molecule has 0 amide bonds. The van der Waals surface area contributed by atoms with Crippen molar-refractivity contribution in [2.24, 2.45) is 0 Å². The van der Waals surface area contributed by atoms with Crippen LogP contribution in [0.1, 0.15) is 35.2 Å². The van der Waals surface area contributed by atoms with E-state index in [9.17, 15) is 4.79 Å². The van der Waals surface area contributed by atoms with E-state index in [0.29, 0.717) is 27.1 Å². The van der Waals surface area contributed by atoms with Gasteiger partial charge in [0.15, 0.2) is 0 Å². The molecule has 38 heavy (non-hydrogen) atoms. The molecule has 0 fully saturated rings. The summed E-state index contributed by atoms with van der Waals surface area (Å²) in [6, 6.07) is 20.5. The summed E-state index contributed by atoms with van der Waals surface area (Å²) < 4.78 is 11.8. The average molecular weight is 557 g/mol. The molecule has 6 nitrogen and oxygen atoms in total. The van der Waals surface area contributed by atoms with E-state index >= 15 is 0 Å². The molecule has 5 rings (SSSR count). The van der Waals surface area contributed by atoms with Gasteiger partial charge in [-0.2, -0.15) is 0 Å². The third kappa shape index (κ3) is 5.90. The van der Waals surface area contributed by atoms with Gasteiger partial charge in [-0.3, -0.25) is 0 Å². The van der Waals surface area contributed by atoms with Gasteiger partial charge < -0.3 is 14.4 Å². The summed E-state index contributed by atoms with van der Waals surface area (Å²) in [5.74, 6) is 0.398. The van der Waals surface area contributed by atoms with Crippen molar-refractivity contribution in [1.29, 1.82) is 0 Å². The number of nitrogens with zero attached hydrogens (tertiary/aromatic N) is 2. The van der Waals surface area contributed by atoms with Crippen LogP contribution in [0.4, 0.5) is 0 Å². The van der Waals surface area contributed by atoms with Crippen LogP contribution in [0.2, 0.25) is 10.0 Å². The third-order valence-electron chi connectivity index (χ3n) is 6.06. The Kier molecular flexibility index (Phi) is 9.13. The molecule has 0 aliphatic rings. The number of aromatic carboxylic acids is 1. The topological polar surface area (TPSA) is 85.5 Å². The Labute approximate surface area is 251 Å². The van der Waals surface area contributed by atoms with Gasteiger partial charge in [0.05, 0.1) is 15.6 Å². The molecular formula is C29H23Cl2N2NaO4. The molecule has 0 unspecified atom stereocenters. The first kappa shape index (κ1) is 28.1. The SMILES string of the molecule is CCCc1onc(-c2c(Cl)cccc2Cl)c1COc1ccc(-c2ccc3cc(C(=O)O)ncc3c2)cc1.[NaH]. The molecule has 0 aliphatic carbocycles. The Bertz CT molecular complexity index is 1580. The third-order valence-corrected chi connectivity index (χ3v) is 6.69. The number of hydrogen-bond acceptors (Lipinski definition) is 5. The minimum atomic E-state index is -1.04. The van der Waals surface area contributed by atoms with E-state index in [1.54, 1.807) is 30.5 Å². The van der Waals surface area contributed by atoms with Crippen molar-refractivity contribution in [3.8, 4) is 28.1 Å².